The first kappa shape index (κ1) is 15.2. The van der Waals surface area contributed by atoms with Gasteiger partial charge < -0.3 is 5.32 Å². The Hall–Kier alpha value is -0.170. The van der Waals surface area contributed by atoms with E-state index in [0.717, 1.165) is 9.17 Å². The van der Waals surface area contributed by atoms with Crippen molar-refractivity contribution in [2.75, 3.05) is 5.32 Å². The van der Waals surface area contributed by atoms with Gasteiger partial charge in [0, 0.05) is 4.47 Å². The summed E-state index contributed by atoms with van der Waals surface area (Å²) in [4.78, 5) is 16.1. The van der Waals surface area contributed by atoms with Crippen molar-refractivity contribution in [2.24, 2.45) is 5.92 Å². The number of carbonyl (C=O) groups is 1. The molecule has 0 fully saturated rings. The number of benzene rings is 1. The molecule has 1 aromatic heterocycles. The molecular formula is C12H11Br2ClN2OS. The van der Waals surface area contributed by atoms with Gasteiger partial charge in [-0.2, -0.15) is 0 Å². The monoisotopic (exact) mass is 424 g/mol. The smallest absolute Gasteiger partial charge is 0.240 e. The van der Waals surface area contributed by atoms with Crippen molar-refractivity contribution in [3.63, 3.8) is 0 Å². The molecule has 0 aliphatic rings. The SMILES string of the molecule is CC(C)C(Br)C(=O)Nc1nc2c(Cl)cc(Br)cc2s1. The molecule has 1 atom stereocenters. The van der Waals surface area contributed by atoms with Crippen LogP contribution >= 0.6 is 54.8 Å². The Morgan fingerprint density at radius 2 is 2.16 bits per heavy atom. The first-order chi connectivity index (χ1) is 8.88. The van der Waals surface area contributed by atoms with E-state index >= 15 is 0 Å². The zero-order valence-corrected chi connectivity index (χ0v) is 15.0. The lowest BCUT2D eigenvalue weighted by Gasteiger charge is -2.11. The number of rotatable bonds is 3. The molecule has 1 unspecified atom stereocenters. The van der Waals surface area contributed by atoms with Crippen LogP contribution in [-0.2, 0) is 4.79 Å². The lowest BCUT2D eigenvalue weighted by atomic mass is 10.1. The highest BCUT2D eigenvalue weighted by molar-refractivity contribution is 9.10. The molecule has 0 spiro atoms. The minimum atomic E-state index is -0.235. The van der Waals surface area contributed by atoms with E-state index in [1.165, 1.54) is 11.3 Å². The lowest BCUT2D eigenvalue weighted by molar-refractivity contribution is -0.116. The Bertz CT molecular complexity index is 629. The van der Waals surface area contributed by atoms with Crippen LogP contribution in [0.4, 0.5) is 5.13 Å². The number of anilines is 1. The van der Waals surface area contributed by atoms with E-state index < -0.39 is 0 Å². The van der Waals surface area contributed by atoms with Crippen molar-refractivity contribution in [1.29, 1.82) is 0 Å². The Labute approximate surface area is 137 Å². The standard InChI is InChI=1S/C12H11Br2ClN2OS/c1-5(2)9(14)11(18)17-12-16-10-7(15)3-6(13)4-8(10)19-12/h3-5,9H,1-2H3,(H,16,17,18). The second kappa shape index (κ2) is 6.08. The number of alkyl halides is 1. The molecule has 0 saturated carbocycles. The minimum Gasteiger partial charge on any atom is -0.301 e. The highest BCUT2D eigenvalue weighted by Crippen LogP contribution is 2.34. The largest absolute Gasteiger partial charge is 0.301 e. The van der Waals surface area contributed by atoms with Gasteiger partial charge in [-0.15, -0.1) is 0 Å². The van der Waals surface area contributed by atoms with Crippen LogP contribution in [0.1, 0.15) is 13.8 Å². The number of aromatic nitrogens is 1. The Balaban J connectivity index is 2.27. The summed E-state index contributed by atoms with van der Waals surface area (Å²) in [6.45, 7) is 3.96. The normalized spacial score (nSPS) is 12.9. The Kier molecular flexibility index (Phi) is 4.87. The highest BCUT2D eigenvalue weighted by Gasteiger charge is 2.20. The third-order valence-electron chi connectivity index (χ3n) is 2.48. The fourth-order valence-electron chi connectivity index (χ4n) is 1.49. The second-order valence-electron chi connectivity index (χ2n) is 4.39. The van der Waals surface area contributed by atoms with Crippen LogP contribution in [0.2, 0.25) is 5.02 Å². The molecule has 19 heavy (non-hydrogen) atoms. The molecule has 2 aromatic rings. The summed E-state index contributed by atoms with van der Waals surface area (Å²) in [5.74, 6) is 0.122. The van der Waals surface area contributed by atoms with Crippen LogP contribution in [-0.4, -0.2) is 15.7 Å². The number of amides is 1. The van der Waals surface area contributed by atoms with Crippen molar-refractivity contribution in [3.05, 3.63) is 21.6 Å². The van der Waals surface area contributed by atoms with Crippen LogP contribution in [0.5, 0.6) is 0 Å². The van der Waals surface area contributed by atoms with E-state index in [2.05, 4.69) is 42.2 Å². The van der Waals surface area contributed by atoms with Gasteiger partial charge in [0.2, 0.25) is 5.91 Å². The molecule has 0 aliphatic carbocycles. The number of nitrogens with zero attached hydrogens (tertiary/aromatic N) is 1. The van der Waals surface area contributed by atoms with Crippen molar-refractivity contribution in [2.45, 2.75) is 18.7 Å². The maximum absolute atomic E-state index is 11.9. The Morgan fingerprint density at radius 3 is 2.79 bits per heavy atom. The number of fused-ring (bicyclic) bond motifs is 1. The summed E-state index contributed by atoms with van der Waals surface area (Å²) < 4.78 is 1.83. The van der Waals surface area contributed by atoms with Gasteiger partial charge >= 0.3 is 0 Å². The third kappa shape index (κ3) is 3.48. The average molecular weight is 427 g/mol. The topological polar surface area (TPSA) is 42.0 Å². The number of nitrogens with one attached hydrogen (secondary N) is 1. The van der Waals surface area contributed by atoms with E-state index in [0.29, 0.717) is 15.7 Å². The van der Waals surface area contributed by atoms with Crippen molar-refractivity contribution < 1.29 is 4.79 Å². The van der Waals surface area contributed by atoms with Gasteiger partial charge in [0.15, 0.2) is 5.13 Å². The van der Waals surface area contributed by atoms with Crippen LogP contribution in [0.15, 0.2) is 16.6 Å². The highest BCUT2D eigenvalue weighted by atomic mass is 79.9. The van der Waals surface area contributed by atoms with Crippen LogP contribution in [0.25, 0.3) is 10.2 Å². The number of hydrogen-bond donors (Lipinski definition) is 1. The van der Waals surface area contributed by atoms with E-state index in [4.69, 9.17) is 11.6 Å². The molecule has 1 aromatic carbocycles. The second-order valence-corrected chi connectivity index (χ2v) is 7.73. The Morgan fingerprint density at radius 1 is 1.47 bits per heavy atom. The fraction of sp³-hybridized carbons (Fsp3) is 0.333. The summed E-state index contributed by atoms with van der Waals surface area (Å²) in [5.41, 5.74) is 0.709. The molecule has 0 bridgehead atoms. The molecular weight excluding hydrogens is 415 g/mol. The predicted molar refractivity (Wildman–Crippen MR) is 88.5 cm³/mol. The summed E-state index contributed by atoms with van der Waals surface area (Å²) in [6.07, 6.45) is 0. The molecule has 1 N–H and O–H groups in total. The van der Waals surface area contributed by atoms with Gasteiger partial charge in [-0.05, 0) is 18.1 Å². The zero-order valence-electron chi connectivity index (χ0n) is 10.2. The lowest BCUT2D eigenvalue weighted by Crippen LogP contribution is -2.26. The summed E-state index contributed by atoms with van der Waals surface area (Å²) in [5, 5.41) is 3.94. The first-order valence-corrected chi connectivity index (χ1v) is 8.49. The fourth-order valence-corrected chi connectivity index (χ4v) is 3.60. The van der Waals surface area contributed by atoms with Crippen LogP contribution in [0.3, 0.4) is 0 Å². The molecule has 0 aliphatic heterocycles. The molecule has 7 heteroatoms. The van der Waals surface area contributed by atoms with Gasteiger partial charge in [-0.1, -0.05) is 68.6 Å². The molecule has 0 saturated heterocycles. The average Bonchev–Trinajstić information content (AvgIpc) is 2.70. The summed E-state index contributed by atoms with van der Waals surface area (Å²) >= 11 is 14.3. The van der Waals surface area contributed by atoms with Crippen molar-refractivity contribution in [3.8, 4) is 0 Å². The molecule has 102 valence electrons. The quantitative estimate of drug-likeness (QED) is 0.696. The van der Waals surface area contributed by atoms with Gasteiger partial charge in [0.05, 0.1) is 14.5 Å². The summed E-state index contributed by atoms with van der Waals surface area (Å²) in [7, 11) is 0. The van der Waals surface area contributed by atoms with Crippen LogP contribution in [0, 0.1) is 5.92 Å². The van der Waals surface area contributed by atoms with Gasteiger partial charge in [-0.25, -0.2) is 4.98 Å². The van der Waals surface area contributed by atoms with Crippen molar-refractivity contribution >= 4 is 76.1 Å². The van der Waals surface area contributed by atoms with Gasteiger partial charge in [0.1, 0.15) is 5.52 Å². The molecule has 0 radical (unpaired) electrons. The molecule has 1 heterocycles. The maximum atomic E-state index is 11.9. The number of carbonyl (C=O) groups excluding carboxylic acids is 1. The van der Waals surface area contributed by atoms with E-state index in [9.17, 15) is 4.79 Å². The third-order valence-corrected chi connectivity index (χ3v) is 5.62. The van der Waals surface area contributed by atoms with Gasteiger partial charge in [0.25, 0.3) is 0 Å². The van der Waals surface area contributed by atoms with E-state index in [1.807, 2.05) is 19.9 Å². The molecule has 2 rings (SSSR count). The minimum absolute atomic E-state index is 0.0933. The van der Waals surface area contributed by atoms with E-state index in [-0.39, 0.29) is 16.7 Å². The number of thiazole rings is 1. The number of halogens is 3. The number of hydrogen-bond acceptors (Lipinski definition) is 3. The molecule has 3 nitrogen and oxygen atoms in total. The van der Waals surface area contributed by atoms with Crippen LogP contribution < -0.4 is 5.32 Å². The van der Waals surface area contributed by atoms with E-state index in [1.54, 1.807) is 6.07 Å². The zero-order chi connectivity index (χ0) is 14.2. The first-order valence-electron chi connectivity index (χ1n) is 5.59. The summed E-state index contributed by atoms with van der Waals surface area (Å²) in [6, 6.07) is 3.72. The molecule has 1 amide bonds. The predicted octanol–water partition coefficient (Wildman–Crippen LogP) is 5.07. The van der Waals surface area contributed by atoms with Crippen molar-refractivity contribution in [1.82, 2.24) is 4.98 Å². The maximum Gasteiger partial charge on any atom is 0.240 e. The van der Waals surface area contributed by atoms with Gasteiger partial charge in [-0.3, -0.25) is 4.79 Å².